The van der Waals surface area contributed by atoms with Gasteiger partial charge in [-0.3, -0.25) is 19.3 Å². The summed E-state index contributed by atoms with van der Waals surface area (Å²) in [5.41, 5.74) is 2.47. The molecule has 1 atom stereocenters. The van der Waals surface area contributed by atoms with Gasteiger partial charge in [0.25, 0.3) is 11.7 Å². The Balaban J connectivity index is 1.73. The number of aliphatic hydroxyl groups excluding tert-OH is 1. The van der Waals surface area contributed by atoms with Gasteiger partial charge in [-0.05, 0) is 87.5 Å². The zero-order chi connectivity index (χ0) is 27.6. The van der Waals surface area contributed by atoms with Crippen LogP contribution in [0.3, 0.4) is 0 Å². The van der Waals surface area contributed by atoms with Gasteiger partial charge in [0, 0.05) is 16.1 Å². The van der Waals surface area contributed by atoms with Gasteiger partial charge in [-0.1, -0.05) is 18.2 Å². The highest BCUT2D eigenvalue weighted by molar-refractivity contribution is 7.10. The Morgan fingerprint density at radius 1 is 1.03 bits per heavy atom. The number of thiophene rings is 1. The van der Waals surface area contributed by atoms with Gasteiger partial charge in [-0.25, -0.2) is 0 Å². The summed E-state index contributed by atoms with van der Waals surface area (Å²) in [5.74, 6) is -1.38. The van der Waals surface area contributed by atoms with Crippen LogP contribution < -0.4 is 9.64 Å². The number of rotatable bonds is 8. The fourth-order valence-corrected chi connectivity index (χ4v) is 5.22. The quantitative estimate of drug-likeness (QED) is 0.166. The van der Waals surface area contributed by atoms with Crippen molar-refractivity contribution >= 4 is 40.4 Å². The van der Waals surface area contributed by atoms with Gasteiger partial charge in [0.1, 0.15) is 17.6 Å². The van der Waals surface area contributed by atoms with Gasteiger partial charge in [-0.2, -0.15) is 0 Å². The second-order valence-corrected chi connectivity index (χ2v) is 10.7. The topological polar surface area (TPSA) is 93.1 Å². The smallest absolute Gasteiger partial charge is 0.310 e. The maximum atomic E-state index is 13.3. The number of aryl methyl sites for hydroxylation is 1. The third kappa shape index (κ3) is 5.65. The molecule has 0 radical (unpaired) electrons. The van der Waals surface area contributed by atoms with Crippen molar-refractivity contribution in [3.8, 4) is 5.75 Å². The summed E-state index contributed by atoms with van der Waals surface area (Å²) in [6.45, 7) is 9.30. The van der Waals surface area contributed by atoms with E-state index >= 15 is 0 Å². The molecule has 1 aromatic heterocycles. The largest absolute Gasteiger partial charge is 0.507 e. The van der Waals surface area contributed by atoms with Crippen LogP contribution in [0, 0.1) is 6.92 Å². The highest BCUT2D eigenvalue weighted by Gasteiger charge is 2.47. The molecule has 1 amide bonds. The van der Waals surface area contributed by atoms with Crippen LogP contribution in [0.25, 0.3) is 5.76 Å². The summed E-state index contributed by atoms with van der Waals surface area (Å²) >= 11 is 1.40. The lowest BCUT2D eigenvalue weighted by Crippen LogP contribution is -2.29. The maximum Gasteiger partial charge on any atom is 0.310 e. The van der Waals surface area contributed by atoms with E-state index in [2.05, 4.69) is 0 Å². The van der Waals surface area contributed by atoms with E-state index in [1.165, 1.54) is 16.2 Å². The van der Waals surface area contributed by atoms with Crippen LogP contribution in [0.4, 0.5) is 5.69 Å². The molecule has 2 aromatic carbocycles. The molecular weight excluding hydrogens is 502 g/mol. The standard InChI is InChI=1S/C30H31NO6S/c1-17(2)36-23-13-10-21(15-19(23)5)28(33)26-27(24-7-6-14-38-24)31(30(35)29(26)34)22-11-8-20(9-12-22)16-25(32)37-18(3)4/h6-15,17-18,27,33H,16H2,1-5H3/b28-26-. The summed E-state index contributed by atoms with van der Waals surface area (Å²) in [5, 5.41) is 13.2. The third-order valence-electron chi connectivity index (χ3n) is 6.00. The summed E-state index contributed by atoms with van der Waals surface area (Å²) in [4.78, 5) is 40.8. The molecule has 38 heavy (non-hydrogen) atoms. The van der Waals surface area contributed by atoms with Crippen LogP contribution >= 0.6 is 11.3 Å². The van der Waals surface area contributed by atoms with Gasteiger partial charge < -0.3 is 14.6 Å². The van der Waals surface area contributed by atoms with Gasteiger partial charge in [0.05, 0.1) is 24.2 Å². The van der Waals surface area contributed by atoms with E-state index in [9.17, 15) is 19.5 Å². The van der Waals surface area contributed by atoms with Crippen molar-refractivity contribution < 1.29 is 29.0 Å². The number of aliphatic hydroxyl groups is 1. The second kappa shape index (κ2) is 11.2. The molecule has 8 heteroatoms. The van der Waals surface area contributed by atoms with E-state index in [0.717, 1.165) is 16.0 Å². The number of anilines is 1. The highest BCUT2D eigenvalue weighted by atomic mass is 32.1. The molecule has 198 valence electrons. The van der Waals surface area contributed by atoms with Crippen molar-refractivity contribution in [1.82, 2.24) is 0 Å². The van der Waals surface area contributed by atoms with E-state index in [-0.39, 0.29) is 35.9 Å². The fourth-order valence-electron chi connectivity index (χ4n) is 4.40. The number of hydrogen-bond donors (Lipinski definition) is 1. The zero-order valence-corrected chi connectivity index (χ0v) is 22.9. The monoisotopic (exact) mass is 533 g/mol. The van der Waals surface area contributed by atoms with Gasteiger partial charge in [0.15, 0.2) is 0 Å². The Morgan fingerprint density at radius 2 is 1.74 bits per heavy atom. The van der Waals surface area contributed by atoms with E-state index in [0.29, 0.717) is 17.0 Å². The molecule has 1 unspecified atom stereocenters. The molecule has 1 fully saturated rings. The molecule has 1 aliphatic rings. The number of Topliss-reactive ketones (excluding diaryl/α,β-unsaturated/α-hetero) is 1. The third-order valence-corrected chi connectivity index (χ3v) is 6.92. The Morgan fingerprint density at radius 3 is 2.32 bits per heavy atom. The molecule has 1 saturated heterocycles. The zero-order valence-electron chi connectivity index (χ0n) is 22.1. The number of esters is 1. The fraction of sp³-hybridized carbons (Fsp3) is 0.300. The molecule has 0 spiro atoms. The van der Waals surface area contributed by atoms with E-state index in [1.807, 2.05) is 38.3 Å². The lowest BCUT2D eigenvalue weighted by Gasteiger charge is -2.24. The first-order valence-corrected chi connectivity index (χ1v) is 13.3. The lowest BCUT2D eigenvalue weighted by atomic mass is 9.98. The number of nitrogens with zero attached hydrogens (tertiary/aromatic N) is 1. The number of benzene rings is 2. The number of carbonyl (C=O) groups is 3. The van der Waals surface area contributed by atoms with E-state index in [4.69, 9.17) is 9.47 Å². The van der Waals surface area contributed by atoms with Crippen molar-refractivity contribution in [2.75, 3.05) is 4.90 Å². The van der Waals surface area contributed by atoms with Crippen molar-refractivity contribution in [2.24, 2.45) is 0 Å². The number of hydrogen-bond acceptors (Lipinski definition) is 7. The predicted molar refractivity (Wildman–Crippen MR) is 147 cm³/mol. The summed E-state index contributed by atoms with van der Waals surface area (Å²) in [6.07, 6.45) is -0.117. The van der Waals surface area contributed by atoms with Crippen LogP contribution in [-0.2, 0) is 25.5 Å². The molecule has 4 rings (SSSR count). The SMILES string of the molecule is Cc1cc(/C(O)=C2/C(=O)C(=O)N(c3ccc(CC(=O)OC(C)C)cc3)C2c2cccs2)ccc1OC(C)C. The molecule has 1 N–H and O–H groups in total. The number of amides is 1. The van der Waals surface area contributed by atoms with Crippen molar-refractivity contribution in [1.29, 1.82) is 0 Å². The van der Waals surface area contributed by atoms with Gasteiger partial charge in [-0.15, -0.1) is 11.3 Å². The Kier molecular flexibility index (Phi) is 8.02. The Labute approximate surface area is 226 Å². The van der Waals surface area contributed by atoms with Crippen molar-refractivity contribution in [3.05, 3.63) is 87.1 Å². The molecule has 0 aliphatic carbocycles. The average Bonchev–Trinajstić information content (AvgIpc) is 3.47. The molecule has 0 bridgehead atoms. The minimum atomic E-state index is -0.793. The van der Waals surface area contributed by atoms with Crippen LogP contribution in [0.5, 0.6) is 5.75 Å². The van der Waals surface area contributed by atoms with Crippen molar-refractivity contribution in [2.45, 2.75) is 59.3 Å². The van der Waals surface area contributed by atoms with Crippen LogP contribution in [0.1, 0.15) is 55.3 Å². The lowest BCUT2D eigenvalue weighted by molar-refractivity contribution is -0.146. The summed E-state index contributed by atoms with van der Waals surface area (Å²) < 4.78 is 11.0. The van der Waals surface area contributed by atoms with Gasteiger partial charge in [0.2, 0.25) is 0 Å². The first-order chi connectivity index (χ1) is 18.1. The van der Waals surface area contributed by atoms with Gasteiger partial charge >= 0.3 is 5.97 Å². The van der Waals surface area contributed by atoms with Crippen molar-refractivity contribution in [3.63, 3.8) is 0 Å². The highest BCUT2D eigenvalue weighted by Crippen LogP contribution is 2.43. The molecule has 2 heterocycles. The average molecular weight is 534 g/mol. The Bertz CT molecular complexity index is 1370. The number of ether oxygens (including phenoxy) is 2. The van der Waals surface area contributed by atoms with Crippen LogP contribution in [0.15, 0.2) is 65.6 Å². The maximum absolute atomic E-state index is 13.3. The van der Waals surface area contributed by atoms with E-state index < -0.39 is 17.7 Å². The first kappa shape index (κ1) is 27.1. The summed E-state index contributed by atoms with van der Waals surface area (Å²) in [7, 11) is 0. The van der Waals surface area contributed by atoms with Crippen LogP contribution in [-0.4, -0.2) is 35.0 Å². The first-order valence-electron chi connectivity index (χ1n) is 12.5. The number of ketones is 1. The van der Waals surface area contributed by atoms with Crippen LogP contribution in [0.2, 0.25) is 0 Å². The predicted octanol–water partition coefficient (Wildman–Crippen LogP) is 5.96. The molecule has 7 nitrogen and oxygen atoms in total. The van der Waals surface area contributed by atoms with E-state index in [1.54, 1.807) is 56.3 Å². The summed E-state index contributed by atoms with van der Waals surface area (Å²) in [6, 6.07) is 14.9. The minimum Gasteiger partial charge on any atom is -0.507 e. The molecule has 1 aliphatic heterocycles. The normalized spacial score (nSPS) is 16.9. The molecular formula is C30H31NO6S. The Hall–Kier alpha value is -3.91. The minimum absolute atomic E-state index is 0.00968. The molecule has 0 saturated carbocycles. The second-order valence-electron chi connectivity index (χ2n) is 9.71. The number of carbonyl (C=O) groups excluding carboxylic acids is 3. The molecule has 3 aromatic rings.